The van der Waals surface area contributed by atoms with Crippen LogP contribution in [0.3, 0.4) is 0 Å². The van der Waals surface area contributed by atoms with Crippen LogP contribution in [-0.4, -0.2) is 16.1 Å². The number of benzene rings is 1. The number of aromatic carboxylic acids is 1. The summed E-state index contributed by atoms with van der Waals surface area (Å²) in [5.74, 6) is -0.910. The van der Waals surface area contributed by atoms with Crippen molar-refractivity contribution in [1.82, 2.24) is 4.98 Å². The van der Waals surface area contributed by atoms with Crippen molar-refractivity contribution >= 4 is 32.8 Å². The monoisotopic (exact) mass is 239 g/mol. The highest BCUT2D eigenvalue weighted by atomic mass is 79.9. The van der Waals surface area contributed by atoms with E-state index in [4.69, 9.17) is 5.11 Å². The molecule has 0 radical (unpaired) electrons. The van der Waals surface area contributed by atoms with Crippen molar-refractivity contribution in [2.75, 3.05) is 0 Å². The van der Waals surface area contributed by atoms with E-state index in [-0.39, 0.29) is 0 Å². The van der Waals surface area contributed by atoms with Crippen LogP contribution in [0.2, 0.25) is 0 Å². The van der Waals surface area contributed by atoms with Gasteiger partial charge in [0, 0.05) is 21.6 Å². The summed E-state index contributed by atoms with van der Waals surface area (Å²) >= 11 is 3.35. The molecule has 1 aromatic heterocycles. The lowest BCUT2D eigenvalue weighted by molar-refractivity contribution is 0.0697. The number of carboxylic acids is 1. The molecule has 0 spiro atoms. The van der Waals surface area contributed by atoms with Crippen molar-refractivity contribution in [3.05, 3.63) is 34.4 Å². The summed E-state index contributed by atoms with van der Waals surface area (Å²) in [4.78, 5) is 13.6. The van der Waals surface area contributed by atoms with Crippen molar-refractivity contribution in [2.45, 2.75) is 0 Å². The van der Waals surface area contributed by atoms with Gasteiger partial charge in [-0.05, 0) is 28.1 Å². The van der Waals surface area contributed by atoms with Crippen molar-refractivity contribution in [1.29, 1.82) is 0 Å². The predicted molar refractivity (Wildman–Crippen MR) is 53.0 cm³/mol. The molecule has 2 rings (SSSR count). The second-order valence-corrected chi connectivity index (χ2v) is 3.56. The Bertz CT molecular complexity index is 475. The summed E-state index contributed by atoms with van der Waals surface area (Å²) in [5.41, 5.74) is 1.12. The number of nitrogens with one attached hydrogen (secondary N) is 1. The van der Waals surface area contributed by atoms with Crippen LogP contribution in [0, 0.1) is 0 Å². The highest BCUT2D eigenvalue weighted by molar-refractivity contribution is 9.10. The number of hydrogen-bond acceptors (Lipinski definition) is 1. The van der Waals surface area contributed by atoms with Gasteiger partial charge in [-0.15, -0.1) is 0 Å². The average molecular weight is 240 g/mol. The molecular weight excluding hydrogens is 234 g/mol. The van der Waals surface area contributed by atoms with Gasteiger partial charge in [0.15, 0.2) is 0 Å². The van der Waals surface area contributed by atoms with Crippen LogP contribution in [0.1, 0.15) is 10.4 Å². The molecule has 1 aromatic carbocycles. The van der Waals surface area contributed by atoms with E-state index < -0.39 is 5.97 Å². The molecule has 0 aliphatic heterocycles. The van der Waals surface area contributed by atoms with Gasteiger partial charge in [0.2, 0.25) is 0 Å². The molecule has 3 nitrogen and oxygen atoms in total. The molecule has 0 amide bonds. The molecule has 0 bridgehead atoms. The van der Waals surface area contributed by atoms with Gasteiger partial charge in [-0.2, -0.15) is 0 Å². The summed E-state index contributed by atoms with van der Waals surface area (Å²) in [6.07, 6.45) is 1.79. The van der Waals surface area contributed by atoms with Gasteiger partial charge < -0.3 is 10.1 Å². The zero-order chi connectivity index (χ0) is 9.42. The molecule has 66 valence electrons. The Kier molecular flexibility index (Phi) is 1.84. The van der Waals surface area contributed by atoms with Gasteiger partial charge in [0.25, 0.3) is 0 Å². The van der Waals surface area contributed by atoms with Gasteiger partial charge in [0.05, 0.1) is 5.56 Å². The molecule has 13 heavy (non-hydrogen) atoms. The summed E-state index contributed by atoms with van der Waals surface area (Å²) < 4.78 is 0.944. The van der Waals surface area contributed by atoms with Crippen LogP contribution in [-0.2, 0) is 0 Å². The second kappa shape index (κ2) is 2.88. The molecule has 4 heteroatoms. The standard InChI is InChI=1S/C9H6BrNO2/c10-7-4-11-8-3-5(9(12)13)1-2-6(7)8/h1-4,11H,(H,12,13). The topological polar surface area (TPSA) is 53.1 Å². The fourth-order valence-electron chi connectivity index (χ4n) is 1.22. The third kappa shape index (κ3) is 1.33. The first-order valence-corrected chi connectivity index (χ1v) is 4.48. The number of aromatic nitrogens is 1. The minimum Gasteiger partial charge on any atom is -0.478 e. The van der Waals surface area contributed by atoms with Gasteiger partial charge in [-0.3, -0.25) is 0 Å². The van der Waals surface area contributed by atoms with Crippen molar-refractivity contribution in [2.24, 2.45) is 0 Å². The molecule has 2 N–H and O–H groups in total. The molecule has 0 unspecified atom stereocenters. The fourth-order valence-corrected chi connectivity index (χ4v) is 1.68. The Balaban J connectivity index is 2.70. The number of aromatic amines is 1. The fraction of sp³-hybridized carbons (Fsp3) is 0. The van der Waals surface area contributed by atoms with Gasteiger partial charge in [-0.25, -0.2) is 4.79 Å². The smallest absolute Gasteiger partial charge is 0.335 e. The molecule has 1 heterocycles. The first-order valence-electron chi connectivity index (χ1n) is 3.68. The maximum absolute atomic E-state index is 10.6. The Morgan fingerprint density at radius 1 is 1.46 bits per heavy atom. The minimum atomic E-state index is -0.910. The maximum Gasteiger partial charge on any atom is 0.335 e. The minimum absolute atomic E-state index is 0.293. The Morgan fingerprint density at radius 2 is 2.23 bits per heavy atom. The van der Waals surface area contributed by atoms with Crippen LogP contribution < -0.4 is 0 Å². The van der Waals surface area contributed by atoms with Gasteiger partial charge in [-0.1, -0.05) is 6.07 Å². The lowest BCUT2D eigenvalue weighted by atomic mass is 10.2. The molecule has 0 fully saturated rings. The lowest BCUT2D eigenvalue weighted by Crippen LogP contribution is -1.94. The molecule has 0 aliphatic carbocycles. The number of carboxylic acid groups (broad SMARTS) is 1. The third-order valence-electron chi connectivity index (χ3n) is 1.88. The summed E-state index contributed by atoms with van der Waals surface area (Å²) in [6.45, 7) is 0. The predicted octanol–water partition coefficient (Wildman–Crippen LogP) is 2.63. The number of hydrogen-bond donors (Lipinski definition) is 2. The molecule has 0 saturated carbocycles. The maximum atomic E-state index is 10.6. The molecule has 0 saturated heterocycles. The summed E-state index contributed by atoms with van der Waals surface area (Å²) in [7, 11) is 0. The van der Waals surface area contributed by atoms with Gasteiger partial charge >= 0.3 is 5.97 Å². The van der Waals surface area contributed by atoms with E-state index in [2.05, 4.69) is 20.9 Å². The molecule has 2 aromatic rings. The van der Waals surface area contributed by atoms with E-state index in [0.29, 0.717) is 5.56 Å². The number of halogens is 1. The van der Waals surface area contributed by atoms with Crippen molar-refractivity contribution in [3.8, 4) is 0 Å². The van der Waals surface area contributed by atoms with Crippen LogP contribution >= 0.6 is 15.9 Å². The third-order valence-corrected chi connectivity index (χ3v) is 2.53. The van der Waals surface area contributed by atoms with E-state index in [0.717, 1.165) is 15.4 Å². The largest absolute Gasteiger partial charge is 0.478 e. The van der Waals surface area contributed by atoms with E-state index in [1.807, 2.05) is 0 Å². The number of rotatable bonds is 1. The van der Waals surface area contributed by atoms with Crippen molar-refractivity contribution < 1.29 is 9.90 Å². The summed E-state index contributed by atoms with van der Waals surface area (Å²) in [6, 6.07) is 4.98. The Morgan fingerprint density at radius 3 is 2.92 bits per heavy atom. The van der Waals surface area contributed by atoms with Crippen molar-refractivity contribution in [3.63, 3.8) is 0 Å². The van der Waals surface area contributed by atoms with Crippen LogP contribution in [0.4, 0.5) is 0 Å². The van der Waals surface area contributed by atoms with Crippen LogP contribution in [0.5, 0.6) is 0 Å². The Labute approximate surface area is 82.5 Å². The zero-order valence-corrected chi connectivity index (χ0v) is 8.13. The highest BCUT2D eigenvalue weighted by Gasteiger charge is 2.05. The molecular formula is C9H6BrNO2. The van der Waals surface area contributed by atoms with Crippen LogP contribution in [0.15, 0.2) is 28.9 Å². The first-order chi connectivity index (χ1) is 6.18. The van der Waals surface area contributed by atoms with E-state index in [9.17, 15) is 4.79 Å². The quantitative estimate of drug-likeness (QED) is 0.804. The number of H-pyrrole nitrogens is 1. The average Bonchev–Trinajstić information content (AvgIpc) is 2.47. The van der Waals surface area contributed by atoms with E-state index in [1.54, 1.807) is 24.4 Å². The zero-order valence-electron chi connectivity index (χ0n) is 6.54. The Hall–Kier alpha value is -1.29. The number of fused-ring (bicyclic) bond motifs is 1. The highest BCUT2D eigenvalue weighted by Crippen LogP contribution is 2.23. The van der Waals surface area contributed by atoms with E-state index >= 15 is 0 Å². The molecule has 0 atom stereocenters. The van der Waals surface area contributed by atoms with E-state index in [1.165, 1.54) is 0 Å². The first kappa shape index (κ1) is 8.31. The normalized spacial score (nSPS) is 10.5. The van der Waals surface area contributed by atoms with Gasteiger partial charge in [0.1, 0.15) is 0 Å². The summed E-state index contributed by atoms with van der Waals surface area (Å²) in [5, 5.41) is 9.72. The number of carbonyl (C=O) groups is 1. The lowest BCUT2D eigenvalue weighted by Gasteiger charge is -1.94. The SMILES string of the molecule is O=C(O)c1ccc2c(Br)c[nH]c2c1. The second-order valence-electron chi connectivity index (χ2n) is 2.70. The molecule has 0 aliphatic rings. The van der Waals surface area contributed by atoms with Crippen LogP contribution in [0.25, 0.3) is 10.9 Å².